The van der Waals surface area contributed by atoms with Crippen molar-refractivity contribution >= 4 is 55.9 Å². The van der Waals surface area contributed by atoms with Crippen LogP contribution in [0.15, 0.2) is 88.2 Å². The van der Waals surface area contributed by atoms with E-state index in [9.17, 15) is 19.2 Å². The highest BCUT2D eigenvalue weighted by atomic mass is 32.1. The summed E-state index contributed by atoms with van der Waals surface area (Å²) in [6, 6.07) is 23.5. The molecule has 3 aromatic carbocycles. The number of amides is 2. The smallest absolute Gasteiger partial charge is 0.340 e. The average Bonchev–Trinajstić information content (AvgIpc) is 3.85. The number of carbonyl (C=O) groups is 3. The molecule has 0 saturated carbocycles. The van der Waals surface area contributed by atoms with Crippen LogP contribution in [0, 0.1) is 13.8 Å². The van der Waals surface area contributed by atoms with E-state index in [4.69, 9.17) is 9.15 Å². The number of likely N-dealkylation sites (N-methyl/N-ethyl adjacent to an activating group) is 1. The van der Waals surface area contributed by atoms with Gasteiger partial charge in [-0.25, -0.2) is 4.79 Å². The van der Waals surface area contributed by atoms with Gasteiger partial charge in [0, 0.05) is 85.8 Å². The number of furan rings is 1. The summed E-state index contributed by atoms with van der Waals surface area (Å²) < 4.78 is 13.6. The van der Waals surface area contributed by atoms with E-state index in [1.54, 1.807) is 24.6 Å². The number of benzene rings is 3. The molecule has 12 heteroatoms. The lowest BCUT2D eigenvalue weighted by molar-refractivity contribution is 0.0593. The summed E-state index contributed by atoms with van der Waals surface area (Å²) >= 11 is 1.33. The van der Waals surface area contributed by atoms with E-state index in [-0.39, 0.29) is 23.1 Å². The molecule has 2 amide bonds. The number of unbranched alkanes of at least 4 members (excludes halogenated alkanes) is 3. The standard InChI is InChI=1S/C46H51N5O6S/c1-30-24-33(35-25-31(2)44(53)49(4)28-35)26-34-27-38(57-41(30)34)43(52)47-18-12-6-7-13-19-51(29-32-14-8-10-16-37(32)50-22-20-48(3)21-23-50)45(54)42-40(46(55)56-5)36-15-9-11-17-39(36)58-42/h8-11,14-17,24-28H,6-7,12-13,18-23,29H2,1-5H3,(H,47,52). The zero-order valence-corrected chi connectivity index (χ0v) is 34.7. The minimum Gasteiger partial charge on any atom is -0.465 e. The highest BCUT2D eigenvalue weighted by molar-refractivity contribution is 7.21. The first kappa shape index (κ1) is 40.5. The molecule has 4 heterocycles. The van der Waals surface area contributed by atoms with Gasteiger partial charge in [0.15, 0.2) is 5.76 Å². The van der Waals surface area contributed by atoms with Crippen molar-refractivity contribution in [3.8, 4) is 11.1 Å². The Morgan fingerprint density at radius 2 is 1.59 bits per heavy atom. The molecule has 1 fully saturated rings. The highest BCUT2D eigenvalue weighted by Gasteiger charge is 2.29. The van der Waals surface area contributed by atoms with Gasteiger partial charge in [-0.1, -0.05) is 49.2 Å². The fraction of sp³-hybridized carbons (Fsp3) is 0.348. The second-order valence-corrected chi connectivity index (χ2v) is 16.3. The lowest BCUT2D eigenvalue weighted by Gasteiger charge is -2.36. The Bertz CT molecular complexity index is 2500. The number of esters is 1. The van der Waals surface area contributed by atoms with Crippen molar-refractivity contribution in [2.45, 2.75) is 46.1 Å². The zero-order valence-electron chi connectivity index (χ0n) is 33.9. The van der Waals surface area contributed by atoms with Crippen molar-refractivity contribution in [3.05, 3.63) is 122 Å². The van der Waals surface area contributed by atoms with Crippen LogP contribution in [0.3, 0.4) is 0 Å². The van der Waals surface area contributed by atoms with Gasteiger partial charge in [-0.15, -0.1) is 11.3 Å². The SMILES string of the molecule is COC(=O)c1c(C(=O)N(CCCCCCNC(=O)c2cc3cc(-c4cc(C)c(=O)n(C)c4)cc(C)c3o2)Cc2ccccc2N2CCN(C)CC2)sc2ccccc12. The summed E-state index contributed by atoms with van der Waals surface area (Å²) in [6.45, 7) is 8.94. The molecule has 0 aliphatic carbocycles. The number of methoxy groups -OCH3 is 1. The molecule has 58 heavy (non-hydrogen) atoms. The van der Waals surface area contributed by atoms with Gasteiger partial charge in [0.05, 0.1) is 12.7 Å². The topological polar surface area (TPSA) is 117 Å². The number of piperazine rings is 1. The van der Waals surface area contributed by atoms with Crippen molar-refractivity contribution in [1.82, 2.24) is 19.7 Å². The van der Waals surface area contributed by atoms with Gasteiger partial charge in [0.2, 0.25) is 0 Å². The molecule has 0 atom stereocenters. The Kier molecular flexibility index (Phi) is 12.4. The predicted molar refractivity (Wildman–Crippen MR) is 231 cm³/mol. The number of fused-ring (bicyclic) bond motifs is 2. The molecular formula is C46H51N5O6S. The number of para-hydroxylation sites is 1. The molecule has 0 unspecified atom stereocenters. The number of nitrogens with one attached hydrogen (secondary N) is 1. The maximum absolute atomic E-state index is 14.5. The van der Waals surface area contributed by atoms with Crippen molar-refractivity contribution in [2.24, 2.45) is 7.05 Å². The summed E-state index contributed by atoms with van der Waals surface area (Å²) in [5.41, 5.74) is 6.60. The van der Waals surface area contributed by atoms with Gasteiger partial charge < -0.3 is 33.7 Å². The van der Waals surface area contributed by atoms with Crippen LogP contribution in [0.1, 0.15) is 73.0 Å². The molecule has 1 N–H and O–H groups in total. The number of hydrogen-bond donors (Lipinski definition) is 1. The Balaban J connectivity index is 0.996. The van der Waals surface area contributed by atoms with Gasteiger partial charge in [0.25, 0.3) is 17.4 Å². The number of aromatic nitrogens is 1. The Labute approximate surface area is 342 Å². The molecule has 1 aliphatic rings. The summed E-state index contributed by atoms with van der Waals surface area (Å²) in [5, 5.41) is 4.56. The second-order valence-electron chi connectivity index (χ2n) is 15.3. The molecule has 11 nitrogen and oxygen atoms in total. The molecule has 0 bridgehead atoms. The van der Waals surface area contributed by atoms with Crippen LogP contribution < -0.4 is 15.8 Å². The third-order valence-corrected chi connectivity index (χ3v) is 12.2. The summed E-state index contributed by atoms with van der Waals surface area (Å²) in [4.78, 5) is 60.0. The van der Waals surface area contributed by atoms with Gasteiger partial charge in [-0.2, -0.15) is 0 Å². The second kappa shape index (κ2) is 17.8. The van der Waals surface area contributed by atoms with Crippen LogP contribution in [-0.2, 0) is 18.3 Å². The van der Waals surface area contributed by atoms with Crippen molar-refractivity contribution < 1.29 is 23.5 Å². The normalized spacial score (nSPS) is 13.3. The predicted octanol–water partition coefficient (Wildman–Crippen LogP) is 7.80. The molecular weight excluding hydrogens is 751 g/mol. The number of rotatable bonds is 14. The summed E-state index contributed by atoms with van der Waals surface area (Å²) in [5.74, 6) is -0.708. The van der Waals surface area contributed by atoms with Crippen LogP contribution in [0.25, 0.3) is 32.2 Å². The van der Waals surface area contributed by atoms with Gasteiger partial charge in [-0.3, -0.25) is 14.4 Å². The van der Waals surface area contributed by atoms with Gasteiger partial charge >= 0.3 is 5.97 Å². The lowest BCUT2D eigenvalue weighted by Crippen LogP contribution is -2.45. The van der Waals surface area contributed by atoms with E-state index < -0.39 is 5.97 Å². The number of nitrogens with zero attached hydrogens (tertiary/aromatic N) is 4. The molecule has 302 valence electrons. The zero-order chi connectivity index (χ0) is 40.9. The third kappa shape index (κ3) is 8.73. The Hall–Kier alpha value is -5.72. The summed E-state index contributed by atoms with van der Waals surface area (Å²) in [6.07, 6.45) is 5.06. The minimum atomic E-state index is -0.514. The quantitative estimate of drug-likeness (QED) is 0.0877. The van der Waals surface area contributed by atoms with Crippen LogP contribution in [0.4, 0.5) is 5.69 Å². The largest absolute Gasteiger partial charge is 0.465 e. The van der Waals surface area contributed by atoms with Crippen LogP contribution in [-0.4, -0.2) is 85.6 Å². The van der Waals surface area contributed by atoms with E-state index in [0.717, 1.165) is 95.3 Å². The monoisotopic (exact) mass is 801 g/mol. The average molecular weight is 802 g/mol. The third-order valence-electron chi connectivity index (χ3n) is 11.0. The van der Waals surface area contributed by atoms with Gasteiger partial charge in [0.1, 0.15) is 10.5 Å². The van der Waals surface area contributed by atoms with Crippen LogP contribution >= 0.6 is 11.3 Å². The number of ether oxygens (including phenoxy) is 1. The lowest BCUT2D eigenvalue weighted by atomic mass is 10.0. The number of pyridine rings is 1. The number of hydrogen-bond acceptors (Lipinski definition) is 9. The molecule has 6 aromatic rings. The maximum Gasteiger partial charge on any atom is 0.340 e. The maximum atomic E-state index is 14.5. The molecule has 1 saturated heterocycles. The Morgan fingerprint density at radius 1 is 0.862 bits per heavy atom. The van der Waals surface area contributed by atoms with E-state index in [1.807, 2.05) is 72.6 Å². The van der Waals surface area contributed by atoms with E-state index in [2.05, 4.69) is 34.3 Å². The fourth-order valence-electron chi connectivity index (χ4n) is 7.82. The molecule has 0 radical (unpaired) electrons. The fourth-order valence-corrected chi connectivity index (χ4v) is 8.97. The van der Waals surface area contributed by atoms with Crippen LogP contribution in [0.2, 0.25) is 0 Å². The first-order valence-corrected chi connectivity index (χ1v) is 20.7. The number of anilines is 1. The van der Waals surface area contributed by atoms with Crippen molar-refractivity contribution in [3.63, 3.8) is 0 Å². The molecule has 1 aliphatic heterocycles. The number of aryl methyl sites for hydroxylation is 3. The minimum absolute atomic E-state index is 0.0298. The van der Waals surface area contributed by atoms with Crippen LogP contribution in [0.5, 0.6) is 0 Å². The summed E-state index contributed by atoms with van der Waals surface area (Å²) in [7, 11) is 5.23. The van der Waals surface area contributed by atoms with E-state index in [0.29, 0.717) is 41.2 Å². The molecule has 0 spiro atoms. The highest BCUT2D eigenvalue weighted by Crippen LogP contribution is 2.34. The van der Waals surface area contributed by atoms with E-state index >= 15 is 0 Å². The first-order valence-electron chi connectivity index (χ1n) is 19.9. The molecule has 3 aromatic heterocycles. The van der Waals surface area contributed by atoms with E-state index in [1.165, 1.54) is 18.4 Å². The van der Waals surface area contributed by atoms with Crippen molar-refractivity contribution in [1.29, 1.82) is 0 Å². The Morgan fingerprint density at radius 3 is 2.36 bits per heavy atom. The van der Waals surface area contributed by atoms with Crippen molar-refractivity contribution in [2.75, 3.05) is 58.3 Å². The number of carbonyl (C=O) groups excluding carboxylic acids is 3. The first-order chi connectivity index (χ1) is 28.0. The van der Waals surface area contributed by atoms with Gasteiger partial charge in [-0.05, 0) is 92.4 Å². The molecule has 7 rings (SSSR count). The number of thiophene rings is 1.